The summed E-state index contributed by atoms with van der Waals surface area (Å²) in [5.74, 6) is 1.45. The molecule has 2 unspecified atom stereocenters. The average Bonchev–Trinajstić information content (AvgIpc) is 2.25. The highest BCUT2D eigenvalue weighted by Gasteiger charge is 2.61. The summed E-state index contributed by atoms with van der Waals surface area (Å²) >= 11 is 0. The summed E-state index contributed by atoms with van der Waals surface area (Å²) in [4.78, 5) is 0. The number of aliphatic hydroxyl groups excluding tert-OH is 1. The van der Waals surface area contributed by atoms with Crippen LogP contribution in [-0.4, -0.2) is 11.2 Å². The van der Waals surface area contributed by atoms with Gasteiger partial charge in [-0.15, -0.1) is 0 Å². The number of fused-ring (bicyclic) bond motifs is 1. The molecule has 4 saturated carbocycles. The van der Waals surface area contributed by atoms with Crippen LogP contribution in [0, 0.1) is 22.7 Å². The van der Waals surface area contributed by atoms with E-state index >= 15 is 0 Å². The van der Waals surface area contributed by atoms with E-state index < -0.39 is 0 Å². The molecule has 0 aromatic rings. The van der Waals surface area contributed by atoms with Crippen LogP contribution >= 0.6 is 0 Å². The van der Waals surface area contributed by atoms with Gasteiger partial charge in [-0.1, -0.05) is 13.8 Å². The maximum atomic E-state index is 9.89. The lowest BCUT2D eigenvalue weighted by atomic mass is 9.51. The molecule has 0 saturated heterocycles. The zero-order chi connectivity index (χ0) is 9.27. The fourth-order valence-corrected chi connectivity index (χ4v) is 4.79. The fourth-order valence-electron chi connectivity index (χ4n) is 4.79. The maximum Gasteiger partial charge on any atom is 0.0571 e. The van der Waals surface area contributed by atoms with E-state index in [-0.39, 0.29) is 6.10 Å². The van der Waals surface area contributed by atoms with Gasteiger partial charge in [-0.05, 0) is 54.8 Å². The van der Waals surface area contributed by atoms with E-state index in [9.17, 15) is 5.11 Å². The summed E-state index contributed by atoms with van der Waals surface area (Å²) < 4.78 is 0. The fraction of sp³-hybridized carbons (Fsp3) is 1.00. The first-order valence-electron chi connectivity index (χ1n) is 5.72. The Balaban J connectivity index is 2.03. The van der Waals surface area contributed by atoms with Crippen LogP contribution in [-0.2, 0) is 0 Å². The summed E-state index contributed by atoms with van der Waals surface area (Å²) in [6.45, 7) is 4.92. The maximum absolute atomic E-state index is 9.89. The Bertz CT molecular complexity index is 230. The smallest absolute Gasteiger partial charge is 0.0571 e. The molecule has 0 aliphatic heterocycles. The van der Waals surface area contributed by atoms with Gasteiger partial charge in [0.05, 0.1) is 6.10 Å². The van der Waals surface area contributed by atoms with Crippen LogP contribution in [0.25, 0.3) is 0 Å². The van der Waals surface area contributed by atoms with Crippen LogP contribution in [0.2, 0.25) is 0 Å². The van der Waals surface area contributed by atoms with E-state index in [4.69, 9.17) is 0 Å². The standard InChI is InChI=1S/C12H20O/c1-11-3-4-12(2)7-8(6-11)9(13)5-10(11)12/h8-10,13H,3-7H2,1-2H3/t8?,9-,10?,11-,12+/m1/s1. The van der Waals surface area contributed by atoms with Crippen molar-refractivity contribution in [2.45, 2.75) is 52.1 Å². The Hall–Kier alpha value is -0.0400. The van der Waals surface area contributed by atoms with E-state index in [0.717, 1.165) is 12.3 Å². The minimum absolute atomic E-state index is 0.0317. The van der Waals surface area contributed by atoms with E-state index in [2.05, 4.69) is 13.8 Å². The predicted molar refractivity (Wildman–Crippen MR) is 52.3 cm³/mol. The Morgan fingerprint density at radius 3 is 2.08 bits per heavy atom. The Kier molecular flexibility index (Phi) is 1.36. The van der Waals surface area contributed by atoms with Gasteiger partial charge >= 0.3 is 0 Å². The van der Waals surface area contributed by atoms with Gasteiger partial charge in [-0.3, -0.25) is 0 Å². The minimum atomic E-state index is 0.0317. The molecule has 1 nitrogen and oxygen atoms in total. The largest absolute Gasteiger partial charge is 0.393 e. The third-order valence-electron chi connectivity index (χ3n) is 5.43. The molecule has 0 amide bonds. The third-order valence-corrected chi connectivity index (χ3v) is 5.43. The van der Waals surface area contributed by atoms with Crippen LogP contribution < -0.4 is 0 Å². The first-order valence-corrected chi connectivity index (χ1v) is 5.72. The lowest BCUT2D eigenvalue weighted by molar-refractivity contribution is -0.108. The molecule has 0 heterocycles. The Morgan fingerprint density at radius 2 is 1.62 bits per heavy atom. The number of hydrogen-bond donors (Lipinski definition) is 1. The van der Waals surface area contributed by atoms with Crippen LogP contribution in [0.3, 0.4) is 0 Å². The minimum Gasteiger partial charge on any atom is -0.393 e. The van der Waals surface area contributed by atoms with Crippen molar-refractivity contribution < 1.29 is 5.11 Å². The molecule has 4 rings (SSSR count). The normalized spacial score (nSPS) is 64.4. The van der Waals surface area contributed by atoms with E-state index in [1.165, 1.54) is 25.7 Å². The lowest BCUT2D eigenvalue weighted by Gasteiger charge is -2.55. The van der Waals surface area contributed by atoms with Crippen LogP contribution in [0.5, 0.6) is 0 Å². The van der Waals surface area contributed by atoms with Gasteiger partial charge in [0.2, 0.25) is 0 Å². The van der Waals surface area contributed by atoms with Gasteiger partial charge < -0.3 is 5.11 Å². The third kappa shape index (κ3) is 0.869. The van der Waals surface area contributed by atoms with Crippen molar-refractivity contribution in [1.29, 1.82) is 0 Å². The average molecular weight is 180 g/mol. The van der Waals surface area contributed by atoms with E-state index in [1.54, 1.807) is 0 Å². The van der Waals surface area contributed by atoms with Gasteiger partial charge in [0.15, 0.2) is 0 Å². The van der Waals surface area contributed by atoms with Crippen LogP contribution in [0.4, 0.5) is 0 Å². The Labute approximate surface area is 80.5 Å². The first-order chi connectivity index (χ1) is 6.04. The highest BCUT2D eigenvalue weighted by molar-refractivity contribution is 5.11. The van der Waals surface area contributed by atoms with Crippen molar-refractivity contribution in [2.75, 3.05) is 0 Å². The lowest BCUT2D eigenvalue weighted by Crippen LogP contribution is -2.50. The van der Waals surface area contributed by atoms with Crippen molar-refractivity contribution in [1.82, 2.24) is 0 Å². The summed E-state index contributed by atoms with van der Waals surface area (Å²) in [5, 5.41) is 9.89. The zero-order valence-corrected chi connectivity index (χ0v) is 8.71. The van der Waals surface area contributed by atoms with Crippen LogP contribution in [0.15, 0.2) is 0 Å². The molecule has 5 atom stereocenters. The second-order valence-corrected chi connectivity index (χ2v) is 6.33. The molecular formula is C12H20O. The van der Waals surface area contributed by atoms with Crippen LogP contribution in [0.1, 0.15) is 46.0 Å². The highest BCUT2D eigenvalue weighted by Crippen LogP contribution is 2.68. The predicted octanol–water partition coefficient (Wildman–Crippen LogP) is 2.58. The number of rotatable bonds is 0. The monoisotopic (exact) mass is 180 g/mol. The highest BCUT2D eigenvalue weighted by atomic mass is 16.3. The topological polar surface area (TPSA) is 20.2 Å². The van der Waals surface area contributed by atoms with Gasteiger partial charge in [-0.25, -0.2) is 0 Å². The molecule has 1 N–H and O–H groups in total. The van der Waals surface area contributed by atoms with Crippen molar-refractivity contribution >= 4 is 0 Å². The van der Waals surface area contributed by atoms with Crippen molar-refractivity contribution in [3.8, 4) is 0 Å². The molecule has 0 aromatic carbocycles. The molecule has 74 valence electrons. The van der Waals surface area contributed by atoms with Gasteiger partial charge in [0.25, 0.3) is 0 Å². The second kappa shape index (κ2) is 2.13. The molecule has 0 aromatic heterocycles. The van der Waals surface area contributed by atoms with E-state index in [0.29, 0.717) is 16.7 Å². The zero-order valence-electron chi connectivity index (χ0n) is 8.71. The molecule has 4 bridgehead atoms. The molecule has 4 aliphatic rings. The molecule has 4 aliphatic carbocycles. The summed E-state index contributed by atoms with van der Waals surface area (Å²) in [5.41, 5.74) is 1.19. The van der Waals surface area contributed by atoms with Crippen molar-refractivity contribution in [2.24, 2.45) is 22.7 Å². The number of aliphatic hydroxyl groups is 1. The quantitative estimate of drug-likeness (QED) is 0.607. The summed E-state index contributed by atoms with van der Waals surface area (Å²) in [7, 11) is 0. The SMILES string of the molecule is C[C@]12CC[C@]3(C)CC(C1)[C@H](O)CC23. The molecule has 0 radical (unpaired) electrons. The molecule has 4 fully saturated rings. The van der Waals surface area contributed by atoms with Crippen molar-refractivity contribution in [3.63, 3.8) is 0 Å². The first kappa shape index (κ1) is 8.28. The molecule has 1 heteroatoms. The molecular weight excluding hydrogens is 160 g/mol. The number of hydrogen-bond acceptors (Lipinski definition) is 1. The summed E-state index contributed by atoms with van der Waals surface area (Å²) in [6, 6.07) is 0. The Morgan fingerprint density at radius 1 is 1.08 bits per heavy atom. The molecule has 13 heavy (non-hydrogen) atoms. The second-order valence-electron chi connectivity index (χ2n) is 6.33. The molecule has 0 spiro atoms. The van der Waals surface area contributed by atoms with E-state index in [1.807, 2.05) is 0 Å². The van der Waals surface area contributed by atoms with Gasteiger partial charge in [0.1, 0.15) is 0 Å². The van der Waals surface area contributed by atoms with Crippen molar-refractivity contribution in [3.05, 3.63) is 0 Å². The van der Waals surface area contributed by atoms with Gasteiger partial charge in [-0.2, -0.15) is 0 Å². The summed E-state index contributed by atoms with van der Waals surface area (Å²) in [6.07, 6.45) is 6.55. The van der Waals surface area contributed by atoms with Gasteiger partial charge in [0, 0.05) is 0 Å².